The van der Waals surface area contributed by atoms with E-state index in [1.54, 1.807) is 14.2 Å². The lowest BCUT2D eigenvalue weighted by atomic mass is 10.2. The number of benzene rings is 2. The average molecular weight is 431 g/mol. The molecule has 0 atom stereocenters. The van der Waals surface area contributed by atoms with E-state index in [9.17, 15) is 0 Å². The Morgan fingerprint density at radius 3 is 2.31 bits per heavy atom. The first-order valence-corrected chi connectivity index (χ1v) is 10.7. The van der Waals surface area contributed by atoms with Gasteiger partial charge in [-0.1, -0.05) is 24.3 Å². The fraction of sp³-hybridized carbons (Fsp3) is 0.292. The van der Waals surface area contributed by atoms with E-state index in [-0.39, 0.29) is 0 Å². The average Bonchev–Trinajstić information content (AvgIpc) is 3.16. The van der Waals surface area contributed by atoms with Gasteiger partial charge in [0.2, 0.25) is 5.95 Å². The molecule has 3 heterocycles. The van der Waals surface area contributed by atoms with Gasteiger partial charge in [-0.3, -0.25) is 5.10 Å². The van der Waals surface area contributed by atoms with Crippen molar-refractivity contribution in [3.05, 3.63) is 65.4 Å². The summed E-state index contributed by atoms with van der Waals surface area (Å²) in [6.45, 7) is 2.29. The van der Waals surface area contributed by atoms with Crippen molar-refractivity contribution in [3.63, 3.8) is 0 Å². The van der Waals surface area contributed by atoms with E-state index in [0.717, 1.165) is 59.9 Å². The third kappa shape index (κ3) is 4.03. The fourth-order valence-corrected chi connectivity index (χ4v) is 4.04. The fourth-order valence-electron chi connectivity index (χ4n) is 4.04. The van der Waals surface area contributed by atoms with Crippen LogP contribution in [0, 0.1) is 0 Å². The molecule has 0 saturated carbocycles. The summed E-state index contributed by atoms with van der Waals surface area (Å²) in [6, 6.07) is 16.1. The summed E-state index contributed by atoms with van der Waals surface area (Å²) < 4.78 is 10.5. The van der Waals surface area contributed by atoms with Gasteiger partial charge in [0, 0.05) is 25.3 Å². The molecule has 0 spiro atoms. The standard InChI is InChI=1S/C24H26N6O2/c1-31-18-9-5-16(6-10-18)14-25-24-26-22-21-20(28-29-22)4-3-13-30(23(21)27-24)15-17-7-11-19(32-2)12-8-17/h5-12H,3-4,13-15H2,1-2H3,(H2,25,26,27,28,29). The van der Waals surface area contributed by atoms with Crippen LogP contribution >= 0.6 is 0 Å². The maximum absolute atomic E-state index is 5.29. The Hall–Kier alpha value is -3.81. The van der Waals surface area contributed by atoms with Crippen molar-refractivity contribution in [2.75, 3.05) is 31.0 Å². The van der Waals surface area contributed by atoms with Crippen LogP contribution in [0.15, 0.2) is 48.5 Å². The molecule has 4 aromatic rings. The Balaban J connectivity index is 1.43. The highest BCUT2D eigenvalue weighted by Crippen LogP contribution is 2.32. The minimum atomic E-state index is 0.572. The summed E-state index contributed by atoms with van der Waals surface area (Å²) in [5, 5.41) is 12.0. The molecule has 0 amide bonds. The number of hydrogen-bond donors (Lipinski definition) is 2. The molecular weight excluding hydrogens is 404 g/mol. The van der Waals surface area contributed by atoms with Gasteiger partial charge in [-0.15, -0.1) is 0 Å². The molecule has 8 nitrogen and oxygen atoms in total. The maximum atomic E-state index is 5.29. The zero-order valence-electron chi connectivity index (χ0n) is 18.3. The van der Waals surface area contributed by atoms with Gasteiger partial charge in [0.1, 0.15) is 17.3 Å². The zero-order chi connectivity index (χ0) is 21.9. The molecule has 0 fully saturated rings. The number of ether oxygens (including phenoxy) is 2. The predicted octanol–water partition coefficient (Wildman–Crippen LogP) is 3.94. The van der Waals surface area contributed by atoms with E-state index >= 15 is 0 Å². The lowest BCUT2D eigenvalue weighted by Gasteiger charge is -2.23. The van der Waals surface area contributed by atoms with Gasteiger partial charge in [-0.2, -0.15) is 15.1 Å². The van der Waals surface area contributed by atoms with E-state index in [1.807, 2.05) is 36.4 Å². The van der Waals surface area contributed by atoms with E-state index in [1.165, 1.54) is 5.56 Å². The molecule has 1 aliphatic rings. The SMILES string of the molecule is COc1ccc(CNc2nc3c4c([nH]nc4n2)CCCN3Cc2ccc(OC)cc2)cc1. The van der Waals surface area contributed by atoms with Crippen LogP contribution in [0.25, 0.3) is 11.0 Å². The van der Waals surface area contributed by atoms with Crippen LogP contribution in [-0.2, 0) is 19.5 Å². The number of hydrogen-bond acceptors (Lipinski definition) is 7. The molecule has 0 bridgehead atoms. The molecule has 5 rings (SSSR count). The topological polar surface area (TPSA) is 88.2 Å². The molecule has 164 valence electrons. The molecule has 32 heavy (non-hydrogen) atoms. The monoisotopic (exact) mass is 430 g/mol. The number of nitrogens with one attached hydrogen (secondary N) is 2. The minimum absolute atomic E-state index is 0.572. The first kappa shape index (κ1) is 20.1. The number of nitrogens with zero attached hydrogens (tertiary/aromatic N) is 4. The van der Waals surface area contributed by atoms with E-state index in [2.05, 4.69) is 37.5 Å². The second-order valence-electron chi connectivity index (χ2n) is 7.85. The minimum Gasteiger partial charge on any atom is -0.497 e. The number of aryl methyl sites for hydroxylation is 1. The highest BCUT2D eigenvalue weighted by atomic mass is 16.5. The Morgan fingerprint density at radius 2 is 1.62 bits per heavy atom. The highest BCUT2D eigenvalue weighted by molar-refractivity contribution is 5.91. The molecular formula is C24H26N6O2. The van der Waals surface area contributed by atoms with Crippen LogP contribution in [0.5, 0.6) is 11.5 Å². The van der Waals surface area contributed by atoms with Crippen molar-refractivity contribution in [2.24, 2.45) is 0 Å². The summed E-state index contributed by atoms with van der Waals surface area (Å²) in [5.74, 6) is 3.19. The van der Waals surface area contributed by atoms with Gasteiger partial charge < -0.3 is 19.7 Å². The van der Waals surface area contributed by atoms with Crippen molar-refractivity contribution in [1.29, 1.82) is 0 Å². The van der Waals surface area contributed by atoms with Crippen molar-refractivity contribution in [1.82, 2.24) is 20.2 Å². The molecule has 2 aromatic heterocycles. The van der Waals surface area contributed by atoms with Crippen LogP contribution in [0.3, 0.4) is 0 Å². The lowest BCUT2D eigenvalue weighted by molar-refractivity contribution is 0.414. The van der Waals surface area contributed by atoms with Crippen LogP contribution in [0.1, 0.15) is 23.2 Å². The molecule has 1 aliphatic heterocycles. The van der Waals surface area contributed by atoms with E-state index < -0.39 is 0 Å². The van der Waals surface area contributed by atoms with E-state index in [4.69, 9.17) is 14.5 Å². The Morgan fingerprint density at radius 1 is 0.938 bits per heavy atom. The predicted molar refractivity (Wildman–Crippen MR) is 124 cm³/mol. The number of aromatic nitrogens is 4. The molecule has 0 saturated heterocycles. The van der Waals surface area contributed by atoms with Gasteiger partial charge in [0.05, 0.1) is 19.6 Å². The molecule has 2 aromatic carbocycles. The molecule has 8 heteroatoms. The lowest BCUT2D eigenvalue weighted by Crippen LogP contribution is -2.25. The number of rotatable bonds is 7. The number of anilines is 2. The highest BCUT2D eigenvalue weighted by Gasteiger charge is 2.23. The summed E-state index contributed by atoms with van der Waals surface area (Å²) in [7, 11) is 3.35. The molecule has 2 N–H and O–H groups in total. The van der Waals surface area contributed by atoms with Crippen molar-refractivity contribution < 1.29 is 9.47 Å². The number of aromatic amines is 1. The Kier molecular flexibility index (Phi) is 5.49. The van der Waals surface area contributed by atoms with Gasteiger partial charge in [0.15, 0.2) is 5.65 Å². The number of methoxy groups -OCH3 is 2. The summed E-state index contributed by atoms with van der Waals surface area (Å²) in [5.41, 5.74) is 4.13. The van der Waals surface area contributed by atoms with Gasteiger partial charge >= 0.3 is 0 Å². The molecule has 0 aliphatic carbocycles. The van der Waals surface area contributed by atoms with Gasteiger partial charge in [0.25, 0.3) is 0 Å². The van der Waals surface area contributed by atoms with E-state index in [0.29, 0.717) is 18.1 Å². The van der Waals surface area contributed by atoms with Crippen LogP contribution < -0.4 is 19.7 Å². The van der Waals surface area contributed by atoms with Crippen LogP contribution in [0.2, 0.25) is 0 Å². The van der Waals surface area contributed by atoms with Gasteiger partial charge in [-0.25, -0.2) is 0 Å². The smallest absolute Gasteiger partial charge is 0.227 e. The largest absolute Gasteiger partial charge is 0.497 e. The van der Waals surface area contributed by atoms with Gasteiger partial charge in [-0.05, 0) is 48.2 Å². The first-order valence-electron chi connectivity index (χ1n) is 10.7. The first-order chi connectivity index (χ1) is 15.7. The van der Waals surface area contributed by atoms with Crippen molar-refractivity contribution >= 4 is 22.8 Å². The zero-order valence-corrected chi connectivity index (χ0v) is 18.3. The van der Waals surface area contributed by atoms with Crippen LogP contribution in [-0.4, -0.2) is 40.9 Å². The summed E-state index contributed by atoms with van der Waals surface area (Å²) >= 11 is 0. The van der Waals surface area contributed by atoms with Crippen LogP contribution in [0.4, 0.5) is 11.8 Å². The quantitative estimate of drug-likeness (QED) is 0.459. The maximum Gasteiger partial charge on any atom is 0.227 e. The second kappa shape index (κ2) is 8.74. The Labute approximate surface area is 186 Å². The third-order valence-electron chi connectivity index (χ3n) is 5.77. The number of H-pyrrole nitrogens is 1. The second-order valence-corrected chi connectivity index (χ2v) is 7.85. The third-order valence-corrected chi connectivity index (χ3v) is 5.77. The normalized spacial score (nSPS) is 13.1. The summed E-state index contributed by atoms with van der Waals surface area (Å²) in [6.07, 6.45) is 1.96. The van der Waals surface area contributed by atoms with Crippen molar-refractivity contribution in [2.45, 2.75) is 25.9 Å². The molecule has 0 radical (unpaired) electrons. The molecule has 0 unspecified atom stereocenters. The Bertz CT molecular complexity index is 1200. The van der Waals surface area contributed by atoms with Crippen molar-refractivity contribution in [3.8, 4) is 11.5 Å². The summed E-state index contributed by atoms with van der Waals surface area (Å²) in [4.78, 5) is 11.9.